The van der Waals surface area contributed by atoms with E-state index in [1.54, 1.807) is 0 Å². The van der Waals surface area contributed by atoms with Crippen LogP contribution >= 0.6 is 0 Å². The molecule has 1 aromatic carbocycles. The van der Waals surface area contributed by atoms with Gasteiger partial charge < -0.3 is 14.8 Å². The van der Waals surface area contributed by atoms with E-state index in [0.29, 0.717) is 19.6 Å². The first-order valence-electron chi connectivity index (χ1n) is 6.83. The van der Waals surface area contributed by atoms with Gasteiger partial charge in [0.15, 0.2) is 0 Å². The Bertz CT molecular complexity index is 379. The fraction of sp³-hybridized carbons (Fsp3) is 0.533. The second-order valence-corrected chi connectivity index (χ2v) is 4.21. The van der Waals surface area contributed by atoms with E-state index >= 15 is 0 Å². The van der Waals surface area contributed by atoms with Crippen molar-refractivity contribution in [1.29, 1.82) is 0 Å². The first kappa shape index (κ1) is 15.3. The summed E-state index contributed by atoms with van der Waals surface area (Å²) in [5, 5.41) is 3.09. The number of hydrogen-bond donors (Lipinski definition) is 1. The number of carbonyl (C=O) groups excluding carboxylic acids is 1. The molecular formula is C15H23NO3. The van der Waals surface area contributed by atoms with Crippen molar-refractivity contribution >= 4 is 11.7 Å². The summed E-state index contributed by atoms with van der Waals surface area (Å²) < 4.78 is 10.6. The largest absolute Gasteiger partial charge is 0.491 e. The summed E-state index contributed by atoms with van der Waals surface area (Å²) >= 11 is 0. The molecule has 106 valence electrons. The third kappa shape index (κ3) is 6.13. The number of unbranched alkanes of at least 4 members (excludes halogenated alkanes) is 2. The van der Waals surface area contributed by atoms with E-state index in [4.69, 9.17) is 9.47 Å². The molecular weight excluding hydrogens is 242 g/mol. The number of benzene rings is 1. The molecule has 4 heteroatoms. The summed E-state index contributed by atoms with van der Waals surface area (Å²) in [5.41, 5.74) is 0.994. The molecule has 0 atom stereocenters. The maximum Gasteiger partial charge on any atom is 0.305 e. The van der Waals surface area contributed by atoms with Crippen molar-refractivity contribution in [1.82, 2.24) is 0 Å². The molecule has 0 amide bonds. The van der Waals surface area contributed by atoms with Gasteiger partial charge in [0.1, 0.15) is 5.75 Å². The molecule has 0 spiro atoms. The zero-order chi connectivity index (χ0) is 13.9. The number of hydrogen-bond acceptors (Lipinski definition) is 4. The molecule has 0 fully saturated rings. The lowest BCUT2D eigenvalue weighted by Crippen LogP contribution is -2.04. The molecule has 0 saturated heterocycles. The van der Waals surface area contributed by atoms with E-state index in [2.05, 4.69) is 5.32 Å². The van der Waals surface area contributed by atoms with Crippen LogP contribution in [0.1, 0.15) is 32.6 Å². The normalized spacial score (nSPS) is 10.0. The number of anilines is 1. The van der Waals surface area contributed by atoms with E-state index in [-0.39, 0.29) is 5.97 Å². The first-order chi connectivity index (χ1) is 9.27. The van der Waals surface area contributed by atoms with Gasteiger partial charge in [-0.05, 0) is 38.3 Å². The molecule has 0 aromatic heterocycles. The van der Waals surface area contributed by atoms with Gasteiger partial charge in [-0.15, -0.1) is 0 Å². The Labute approximate surface area is 115 Å². The zero-order valence-corrected chi connectivity index (χ0v) is 11.8. The fourth-order valence-corrected chi connectivity index (χ4v) is 1.76. The molecule has 0 radical (unpaired) electrons. The van der Waals surface area contributed by atoms with E-state index in [1.165, 1.54) is 0 Å². The molecule has 0 heterocycles. The summed E-state index contributed by atoms with van der Waals surface area (Å²) in [5.74, 6) is 0.763. The lowest BCUT2D eigenvalue weighted by atomic mass is 10.2. The van der Waals surface area contributed by atoms with Gasteiger partial charge in [-0.1, -0.05) is 12.1 Å². The number of rotatable bonds is 9. The first-order valence-corrected chi connectivity index (χ1v) is 6.83. The standard InChI is InChI=1S/C15H23NO3/c1-3-18-15(17)11-5-4-8-12-19-14-10-7-6-9-13(14)16-2/h6-7,9-10,16H,3-5,8,11-12H2,1-2H3. The molecule has 0 saturated carbocycles. The van der Waals surface area contributed by atoms with Gasteiger partial charge >= 0.3 is 5.97 Å². The lowest BCUT2D eigenvalue weighted by molar-refractivity contribution is -0.143. The maximum atomic E-state index is 11.1. The van der Waals surface area contributed by atoms with Crippen LogP contribution in [0.15, 0.2) is 24.3 Å². The quantitative estimate of drug-likeness (QED) is 0.550. The molecule has 4 nitrogen and oxygen atoms in total. The van der Waals surface area contributed by atoms with Crippen molar-refractivity contribution in [3.05, 3.63) is 24.3 Å². The van der Waals surface area contributed by atoms with Crippen LogP contribution in [0.4, 0.5) is 5.69 Å². The van der Waals surface area contributed by atoms with Gasteiger partial charge in [0.05, 0.1) is 18.9 Å². The molecule has 0 aliphatic rings. The molecule has 0 aliphatic heterocycles. The average Bonchev–Trinajstić information content (AvgIpc) is 2.43. The van der Waals surface area contributed by atoms with E-state index < -0.39 is 0 Å². The van der Waals surface area contributed by atoms with Gasteiger partial charge in [-0.25, -0.2) is 0 Å². The number of esters is 1. The van der Waals surface area contributed by atoms with Crippen LogP contribution in [-0.2, 0) is 9.53 Å². The van der Waals surface area contributed by atoms with E-state index in [9.17, 15) is 4.79 Å². The van der Waals surface area contributed by atoms with Gasteiger partial charge in [0, 0.05) is 13.5 Å². The number of ether oxygens (including phenoxy) is 2. The number of carbonyl (C=O) groups is 1. The Balaban J connectivity index is 2.12. The molecule has 19 heavy (non-hydrogen) atoms. The minimum atomic E-state index is -0.107. The summed E-state index contributed by atoms with van der Waals surface area (Å²) in [6.45, 7) is 2.95. The Kier molecular flexibility index (Phi) is 7.47. The average molecular weight is 265 g/mol. The van der Waals surface area contributed by atoms with E-state index in [0.717, 1.165) is 30.7 Å². The zero-order valence-electron chi connectivity index (χ0n) is 11.8. The van der Waals surface area contributed by atoms with Crippen LogP contribution in [0, 0.1) is 0 Å². The Morgan fingerprint density at radius 3 is 2.74 bits per heavy atom. The summed E-state index contributed by atoms with van der Waals surface area (Å²) in [6.07, 6.45) is 3.27. The molecule has 1 rings (SSSR count). The highest BCUT2D eigenvalue weighted by Gasteiger charge is 2.02. The van der Waals surface area contributed by atoms with Crippen molar-refractivity contribution < 1.29 is 14.3 Å². The minimum Gasteiger partial charge on any atom is -0.491 e. The summed E-state index contributed by atoms with van der Waals surface area (Å²) in [7, 11) is 1.88. The van der Waals surface area contributed by atoms with Crippen molar-refractivity contribution in [2.24, 2.45) is 0 Å². The third-order valence-corrected chi connectivity index (χ3v) is 2.74. The highest BCUT2D eigenvalue weighted by molar-refractivity contribution is 5.69. The second-order valence-electron chi connectivity index (χ2n) is 4.21. The molecule has 0 bridgehead atoms. The molecule has 0 unspecified atom stereocenters. The van der Waals surface area contributed by atoms with Crippen LogP contribution in [0.5, 0.6) is 5.75 Å². The van der Waals surface area contributed by atoms with Crippen LogP contribution in [0.3, 0.4) is 0 Å². The predicted molar refractivity (Wildman–Crippen MR) is 76.6 cm³/mol. The maximum absolute atomic E-state index is 11.1. The van der Waals surface area contributed by atoms with Crippen molar-refractivity contribution in [3.8, 4) is 5.75 Å². The minimum absolute atomic E-state index is 0.107. The van der Waals surface area contributed by atoms with Gasteiger partial charge in [-0.3, -0.25) is 4.79 Å². The van der Waals surface area contributed by atoms with Crippen LogP contribution < -0.4 is 10.1 Å². The number of nitrogens with one attached hydrogen (secondary N) is 1. The SMILES string of the molecule is CCOC(=O)CCCCCOc1ccccc1NC. The van der Waals surface area contributed by atoms with Crippen molar-refractivity contribution in [3.63, 3.8) is 0 Å². The van der Waals surface area contributed by atoms with Crippen molar-refractivity contribution in [2.75, 3.05) is 25.6 Å². The highest BCUT2D eigenvalue weighted by atomic mass is 16.5. The van der Waals surface area contributed by atoms with Crippen LogP contribution in [0.25, 0.3) is 0 Å². The Hall–Kier alpha value is -1.71. The lowest BCUT2D eigenvalue weighted by Gasteiger charge is -2.10. The second kappa shape index (κ2) is 9.25. The van der Waals surface area contributed by atoms with Crippen LogP contribution in [0.2, 0.25) is 0 Å². The van der Waals surface area contributed by atoms with Gasteiger partial charge in [-0.2, -0.15) is 0 Å². The molecule has 1 N–H and O–H groups in total. The van der Waals surface area contributed by atoms with Crippen molar-refractivity contribution in [2.45, 2.75) is 32.6 Å². The van der Waals surface area contributed by atoms with E-state index in [1.807, 2.05) is 38.2 Å². The van der Waals surface area contributed by atoms with Gasteiger partial charge in [0.25, 0.3) is 0 Å². The molecule has 1 aromatic rings. The Morgan fingerprint density at radius 2 is 2.00 bits per heavy atom. The monoisotopic (exact) mass is 265 g/mol. The number of para-hydroxylation sites is 2. The van der Waals surface area contributed by atoms with Crippen LogP contribution in [-0.4, -0.2) is 26.2 Å². The fourth-order valence-electron chi connectivity index (χ4n) is 1.76. The highest BCUT2D eigenvalue weighted by Crippen LogP contribution is 2.23. The van der Waals surface area contributed by atoms with Gasteiger partial charge in [0.2, 0.25) is 0 Å². The predicted octanol–water partition coefficient (Wildman–Crippen LogP) is 3.23. The Morgan fingerprint density at radius 1 is 1.21 bits per heavy atom. The summed E-state index contributed by atoms with van der Waals surface area (Å²) in [4.78, 5) is 11.1. The third-order valence-electron chi connectivity index (χ3n) is 2.74. The topological polar surface area (TPSA) is 47.6 Å². The smallest absolute Gasteiger partial charge is 0.305 e. The molecule has 0 aliphatic carbocycles. The summed E-state index contributed by atoms with van der Waals surface area (Å²) in [6, 6.07) is 7.86.